The van der Waals surface area contributed by atoms with Crippen LogP contribution in [-0.4, -0.2) is 13.1 Å². The van der Waals surface area contributed by atoms with Gasteiger partial charge in [-0.25, -0.2) is 4.79 Å². The van der Waals surface area contributed by atoms with Crippen molar-refractivity contribution in [1.29, 1.82) is 0 Å². The van der Waals surface area contributed by atoms with E-state index in [1.807, 2.05) is 30.3 Å². The van der Waals surface area contributed by atoms with Crippen molar-refractivity contribution in [3.8, 4) is 11.1 Å². The molecule has 2 rings (SSSR count). The van der Waals surface area contributed by atoms with Gasteiger partial charge in [-0.3, -0.25) is 0 Å². The van der Waals surface area contributed by atoms with Crippen molar-refractivity contribution in [2.24, 2.45) is 10.2 Å². The van der Waals surface area contributed by atoms with Crippen LogP contribution in [0.1, 0.15) is 22.1 Å². The van der Waals surface area contributed by atoms with E-state index in [2.05, 4.69) is 20.1 Å². The van der Waals surface area contributed by atoms with Crippen molar-refractivity contribution in [2.75, 3.05) is 7.11 Å². The summed E-state index contributed by atoms with van der Waals surface area (Å²) in [6.07, 6.45) is -1.03. The highest BCUT2D eigenvalue weighted by atomic mass is 16.5. The lowest BCUT2D eigenvalue weighted by molar-refractivity contribution is 0.0601. The highest BCUT2D eigenvalue weighted by Gasteiger charge is 2.16. The van der Waals surface area contributed by atoms with E-state index in [0.717, 1.165) is 5.56 Å². The van der Waals surface area contributed by atoms with Gasteiger partial charge >= 0.3 is 5.97 Å². The summed E-state index contributed by atoms with van der Waals surface area (Å²) >= 11 is 0. The van der Waals surface area contributed by atoms with Crippen LogP contribution in [0, 0.1) is 0 Å². The molecule has 0 saturated carbocycles. The molecule has 23 heavy (non-hydrogen) atoms. The minimum absolute atomic E-state index is 0.364. The molecule has 0 unspecified atom stereocenters. The van der Waals surface area contributed by atoms with Crippen LogP contribution in [0.15, 0.2) is 58.8 Å². The van der Waals surface area contributed by atoms with E-state index < -0.39 is 12.1 Å². The predicted octanol–water partition coefficient (Wildman–Crippen LogP) is 4.76. The fourth-order valence-corrected chi connectivity index (χ4v) is 2.12. The van der Waals surface area contributed by atoms with Gasteiger partial charge in [0.15, 0.2) is 0 Å². The van der Waals surface area contributed by atoms with E-state index in [1.54, 1.807) is 18.2 Å². The number of benzene rings is 2. The molecule has 0 heterocycles. The lowest BCUT2D eigenvalue weighted by atomic mass is 9.96. The summed E-state index contributed by atoms with van der Waals surface area (Å²) in [5.74, 6) is -0.487. The Bertz CT molecular complexity index is 790. The van der Waals surface area contributed by atoms with Crippen LogP contribution in [-0.2, 0) is 4.74 Å². The van der Waals surface area contributed by atoms with Gasteiger partial charge in [-0.1, -0.05) is 46.6 Å². The Balaban J connectivity index is 2.64. The summed E-state index contributed by atoms with van der Waals surface area (Å²) in [4.78, 5) is 17.3. The summed E-state index contributed by atoms with van der Waals surface area (Å²) in [6.45, 7) is 0. The molecule has 0 bridgehead atoms. The van der Waals surface area contributed by atoms with Crippen LogP contribution < -0.4 is 0 Å². The van der Waals surface area contributed by atoms with Gasteiger partial charge in [0.05, 0.1) is 12.7 Å². The van der Waals surface area contributed by atoms with E-state index in [1.165, 1.54) is 7.11 Å². The topological polar surface area (TPSA) is 124 Å². The first-order chi connectivity index (χ1) is 11.2. The van der Waals surface area contributed by atoms with Gasteiger partial charge in [-0.05, 0) is 39.9 Å². The molecule has 8 nitrogen and oxygen atoms in total. The zero-order valence-electron chi connectivity index (χ0n) is 12.2. The number of methoxy groups -OCH3 is 1. The predicted molar refractivity (Wildman–Crippen MR) is 84.3 cm³/mol. The Morgan fingerprint density at radius 2 is 1.74 bits per heavy atom. The molecular formula is C15H12N6O2. The quantitative estimate of drug-likeness (QED) is 0.342. The first-order valence-electron chi connectivity index (χ1n) is 6.57. The molecule has 0 radical (unpaired) electrons. The van der Waals surface area contributed by atoms with E-state index >= 15 is 0 Å². The van der Waals surface area contributed by atoms with Gasteiger partial charge in [0.1, 0.15) is 6.17 Å². The van der Waals surface area contributed by atoms with E-state index in [9.17, 15) is 4.79 Å². The molecule has 0 spiro atoms. The molecule has 0 amide bonds. The molecule has 0 N–H and O–H groups in total. The Kier molecular flexibility index (Phi) is 5.20. The zero-order valence-corrected chi connectivity index (χ0v) is 12.2. The van der Waals surface area contributed by atoms with Gasteiger partial charge in [-0.15, -0.1) is 0 Å². The second-order valence-electron chi connectivity index (χ2n) is 4.45. The van der Waals surface area contributed by atoms with Crippen molar-refractivity contribution < 1.29 is 9.53 Å². The molecule has 0 fully saturated rings. The van der Waals surface area contributed by atoms with Crippen molar-refractivity contribution in [2.45, 2.75) is 6.17 Å². The number of hydrogen-bond acceptors (Lipinski definition) is 4. The number of hydrogen-bond donors (Lipinski definition) is 0. The van der Waals surface area contributed by atoms with Crippen LogP contribution in [0.4, 0.5) is 0 Å². The average Bonchev–Trinajstić information content (AvgIpc) is 2.61. The molecule has 0 saturated heterocycles. The van der Waals surface area contributed by atoms with Gasteiger partial charge < -0.3 is 4.74 Å². The van der Waals surface area contributed by atoms with Crippen molar-refractivity contribution in [3.63, 3.8) is 0 Å². The summed E-state index contributed by atoms with van der Waals surface area (Å²) in [7, 11) is 1.30. The second kappa shape index (κ2) is 7.51. The first kappa shape index (κ1) is 15.9. The summed E-state index contributed by atoms with van der Waals surface area (Å²) < 4.78 is 4.79. The van der Waals surface area contributed by atoms with Crippen molar-refractivity contribution >= 4 is 5.97 Å². The maximum atomic E-state index is 12.0. The van der Waals surface area contributed by atoms with Crippen LogP contribution in [0.25, 0.3) is 32.0 Å². The molecule has 0 aliphatic heterocycles. The molecule has 2 aromatic rings. The SMILES string of the molecule is COC(=O)c1ccc(C(N=[N+]=[N-])N=[N+]=[N-])cc1-c1ccccc1. The standard InChI is InChI=1S/C15H12N6O2/c1-23-15(22)12-8-7-11(14(18-20-16)19-21-17)9-13(12)10-5-3-2-4-6-10/h2-9,14H,1H3. The van der Waals surface area contributed by atoms with Crippen molar-refractivity contribution in [1.82, 2.24) is 0 Å². The maximum Gasteiger partial charge on any atom is 0.338 e. The Hall–Kier alpha value is -3.47. The third-order valence-electron chi connectivity index (χ3n) is 3.15. The molecule has 0 aliphatic carbocycles. The zero-order chi connectivity index (χ0) is 16.7. The smallest absolute Gasteiger partial charge is 0.338 e. The molecule has 8 heteroatoms. The molecule has 2 aromatic carbocycles. The molecule has 114 valence electrons. The number of nitrogens with zero attached hydrogens (tertiary/aromatic N) is 6. The Morgan fingerprint density at radius 1 is 1.09 bits per heavy atom. The number of carbonyl (C=O) groups excluding carboxylic acids is 1. The number of azide groups is 1. The first-order valence-corrected chi connectivity index (χ1v) is 6.57. The lowest BCUT2D eigenvalue weighted by Gasteiger charge is -2.12. The van der Waals surface area contributed by atoms with Crippen LogP contribution in [0.3, 0.4) is 0 Å². The average molecular weight is 308 g/mol. The summed E-state index contributed by atoms with van der Waals surface area (Å²) in [6, 6.07) is 14.0. The van der Waals surface area contributed by atoms with Crippen LogP contribution in [0.5, 0.6) is 0 Å². The number of rotatable bonds is 5. The van der Waals surface area contributed by atoms with Crippen LogP contribution in [0.2, 0.25) is 0 Å². The van der Waals surface area contributed by atoms with Gasteiger partial charge in [0.25, 0.3) is 0 Å². The fraction of sp³-hybridized carbons (Fsp3) is 0.133. The Morgan fingerprint density at radius 3 is 2.30 bits per heavy atom. The second-order valence-corrected chi connectivity index (χ2v) is 4.45. The minimum atomic E-state index is -1.03. The largest absolute Gasteiger partial charge is 0.465 e. The molecule has 0 aliphatic rings. The van der Waals surface area contributed by atoms with Gasteiger partial charge in [0.2, 0.25) is 0 Å². The molecular weight excluding hydrogens is 296 g/mol. The third-order valence-corrected chi connectivity index (χ3v) is 3.15. The van der Waals surface area contributed by atoms with E-state index in [4.69, 9.17) is 15.8 Å². The fourth-order valence-electron chi connectivity index (χ4n) is 2.12. The Labute approximate surface area is 131 Å². The number of ether oxygens (including phenoxy) is 1. The maximum absolute atomic E-state index is 12.0. The van der Waals surface area contributed by atoms with E-state index in [-0.39, 0.29) is 0 Å². The highest BCUT2D eigenvalue weighted by Crippen LogP contribution is 2.29. The number of esters is 1. The third kappa shape index (κ3) is 3.59. The normalized spacial score (nSPS) is 10.8. The summed E-state index contributed by atoms with van der Waals surface area (Å²) in [5.41, 5.74) is 19.4. The van der Waals surface area contributed by atoms with E-state index in [0.29, 0.717) is 16.7 Å². The molecule has 0 atom stereocenters. The monoisotopic (exact) mass is 308 g/mol. The highest BCUT2D eigenvalue weighted by molar-refractivity contribution is 5.97. The van der Waals surface area contributed by atoms with Gasteiger partial charge in [0, 0.05) is 9.82 Å². The number of carbonyl (C=O) groups is 1. The van der Waals surface area contributed by atoms with Crippen molar-refractivity contribution in [3.05, 3.63) is 80.5 Å². The van der Waals surface area contributed by atoms with Gasteiger partial charge in [-0.2, -0.15) is 0 Å². The minimum Gasteiger partial charge on any atom is -0.465 e. The lowest BCUT2D eigenvalue weighted by Crippen LogP contribution is -2.05. The molecule has 0 aromatic heterocycles. The summed E-state index contributed by atoms with van der Waals surface area (Å²) in [5, 5.41) is 6.92. The van der Waals surface area contributed by atoms with Crippen LogP contribution >= 0.6 is 0 Å².